The predicted molar refractivity (Wildman–Crippen MR) is 128 cm³/mol. The Bertz CT molecular complexity index is 814. The molecule has 2 aromatic rings. The highest BCUT2D eigenvalue weighted by atomic mass is 35.5. The number of nitrogens with zero attached hydrogens (tertiary/aromatic N) is 1. The summed E-state index contributed by atoms with van der Waals surface area (Å²) < 4.78 is 0. The molecule has 0 aliphatic rings. The van der Waals surface area contributed by atoms with Gasteiger partial charge in [-0.25, -0.2) is 0 Å². The molecule has 0 aliphatic carbocycles. The summed E-state index contributed by atoms with van der Waals surface area (Å²) in [5.74, 6) is -0.0460. The van der Waals surface area contributed by atoms with Crippen LogP contribution in [0.3, 0.4) is 0 Å². The van der Waals surface area contributed by atoms with Gasteiger partial charge in [0.05, 0.1) is 0 Å². The summed E-state index contributed by atoms with van der Waals surface area (Å²) in [6.45, 7) is 12.4. The van der Waals surface area contributed by atoms with Crippen molar-refractivity contribution in [3.05, 3.63) is 69.7 Å². The minimum Gasteiger partial charge on any atom is -0.369 e. The Kier molecular flexibility index (Phi) is 8.78. The van der Waals surface area contributed by atoms with Crippen molar-refractivity contribution in [3.8, 4) is 0 Å². The topological polar surface area (TPSA) is 46.3 Å². The zero-order valence-electron chi connectivity index (χ0n) is 18.7. The number of amides is 1. The second kappa shape index (κ2) is 10.7. The summed E-state index contributed by atoms with van der Waals surface area (Å²) >= 11 is 12.4. The van der Waals surface area contributed by atoms with Gasteiger partial charge in [-0.1, -0.05) is 75.2 Å². The maximum absolute atomic E-state index is 12.2. The van der Waals surface area contributed by atoms with Gasteiger partial charge in [0.1, 0.15) is 0 Å². The number of likely N-dealkylation sites (N-methyl/N-ethyl adjacent to an activating group) is 1. The molecule has 0 bridgehead atoms. The van der Waals surface area contributed by atoms with Crippen LogP contribution >= 0.6 is 23.2 Å². The highest BCUT2D eigenvalue weighted by Gasteiger charge is 2.37. The molecule has 2 N–H and O–H groups in total. The van der Waals surface area contributed by atoms with E-state index in [1.807, 2.05) is 38.1 Å². The molecule has 2 rings (SSSR count). The summed E-state index contributed by atoms with van der Waals surface area (Å²) in [5, 5.41) is 1.42. The highest BCUT2D eigenvalue weighted by molar-refractivity contribution is 6.30. The lowest BCUT2D eigenvalue weighted by atomic mass is 9.69. The molecule has 3 atom stereocenters. The summed E-state index contributed by atoms with van der Waals surface area (Å²) in [5.41, 5.74) is 7.51. The number of nitrogens with two attached hydrogens (primary N) is 1. The number of rotatable bonds is 10. The highest BCUT2D eigenvalue weighted by Crippen LogP contribution is 2.44. The molecule has 3 nitrogen and oxygen atoms in total. The van der Waals surface area contributed by atoms with Crippen molar-refractivity contribution in [2.45, 2.75) is 58.9 Å². The SMILES string of the molecule is CCN(CC)C(C)C(c1ccc(Cl)cc1)C(CC(C)(C)C(N)=O)c1ccc(Cl)cc1. The van der Waals surface area contributed by atoms with Gasteiger partial charge in [-0.05, 0) is 67.7 Å². The van der Waals surface area contributed by atoms with Crippen LogP contribution < -0.4 is 5.73 Å². The minimum absolute atomic E-state index is 0.0848. The van der Waals surface area contributed by atoms with Crippen LogP contribution in [0, 0.1) is 5.41 Å². The first kappa shape index (κ1) is 24.7. The van der Waals surface area contributed by atoms with Crippen molar-refractivity contribution in [2.75, 3.05) is 13.1 Å². The maximum atomic E-state index is 12.2. The Hall–Kier alpha value is -1.55. The summed E-state index contributed by atoms with van der Waals surface area (Å²) in [6, 6.07) is 16.3. The molecule has 164 valence electrons. The third kappa shape index (κ3) is 6.00. The largest absolute Gasteiger partial charge is 0.369 e. The first-order valence-corrected chi connectivity index (χ1v) is 11.4. The van der Waals surface area contributed by atoms with E-state index in [-0.39, 0.29) is 23.8 Å². The van der Waals surface area contributed by atoms with E-state index in [1.165, 1.54) is 5.56 Å². The smallest absolute Gasteiger partial charge is 0.223 e. The Morgan fingerprint density at radius 2 is 1.37 bits per heavy atom. The summed E-state index contributed by atoms with van der Waals surface area (Å²) in [6.07, 6.45) is 0.642. The Morgan fingerprint density at radius 3 is 1.77 bits per heavy atom. The third-order valence-electron chi connectivity index (χ3n) is 6.29. The van der Waals surface area contributed by atoms with Crippen molar-refractivity contribution < 1.29 is 4.79 Å². The van der Waals surface area contributed by atoms with Gasteiger partial charge in [0, 0.05) is 27.4 Å². The quantitative estimate of drug-likeness (QED) is 0.451. The van der Waals surface area contributed by atoms with Crippen molar-refractivity contribution in [1.82, 2.24) is 4.90 Å². The summed E-state index contributed by atoms with van der Waals surface area (Å²) in [4.78, 5) is 14.7. The number of hydrogen-bond donors (Lipinski definition) is 1. The third-order valence-corrected chi connectivity index (χ3v) is 6.80. The number of carbonyl (C=O) groups excluding carboxylic acids is 1. The van der Waals surface area contributed by atoms with E-state index in [9.17, 15) is 4.79 Å². The van der Waals surface area contributed by atoms with E-state index < -0.39 is 5.41 Å². The summed E-state index contributed by atoms with van der Waals surface area (Å²) in [7, 11) is 0. The van der Waals surface area contributed by atoms with Gasteiger partial charge in [-0.15, -0.1) is 0 Å². The minimum atomic E-state index is -0.641. The molecule has 0 saturated heterocycles. The Labute approximate surface area is 191 Å². The van der Waals surface area contributed by atoms with Crippen molar-refractivity contribution in [3.63, 3.8) is 0 Å². The van der Waals surface area contributed by atoms with Gasteiger partial charge in [0.15, 0.2) is 0 Å². The van der Waals surface area contributed by atoms with E-state index in [0.717, 1.165) is 18.7 Å². The zero-order valence-corrected chi connectivity index (χ0v) is 20.2. The second-order valence-corrected chi connectivity index (χ2v) is 9.52. The van der Waals surface area contributed by atoms with Crippen LogP contribution in [-0.2, 0) is 4.79 Å². The predicted octanol–water partition coefficient (Wildman–Crippen LogP) is 6.49. The lowest BCUT2D eigenvalue weighted by Gasteiger charge is -2.41. The molecule has 30 heavy (non-hydrogen) atoms. The molecular weight excluding hydrogens is 415 g/mol. The monoisotopic (exact) mass is 448 g/mol. The van der Waals surface area contributed by atoms with E-state index >= 15 is 0 Å². The molecule has 1 amide bonds. The number of halogens is 2. The van der Waals surface area contributed by atoms with E-state index in [2.05, 4.69) is 49.9 Å². The van der Waals surface area contributed by atoms with E-state index in [4.69, 9.17) is 28.9 Å². The van der Waals surface area contributed by atoms with Crippen molar-refractivity contribution in [1.29, 1.82) is 0 Å². The van der Waals surface area contributed by atoms with Gasteiger partial charge in [-0.3, -0.25) is 4.79 Å². The lowest BCUT2D eigenvalue weighted by Crippen LogP contribution is -2.41. The second-order valence-electron chi connectivity index (χ2n) is 8.65. The van der Waals surface area contributed by atoms with Crippen molar-refractivity contribution in [2.24, 2.45) is 11.1 Å². The van der Waals surface area contributed by atoms with Crippen LogP contribution in [0.5, 0.6) is 0 Å². The average Bonchev–Trinajstić information content (AvgIpc) is 2.70. The van der Waals surface area contributed by atoms with Gasteiger partial charge in [0.25, 0.3) is 0 Å². The molecule has 0 saturated carbocycles. The van der Waals surface area contributed by atoms with E-state index in [0.29, 0.717) is 16.5 Å². The molecule has 0 aliphatic heterocycles. The van der Waals surface area contributed by atoms with Gasteiger partial charge >= 0.3 is 0 Å². The fourth-order valence-corrected chi connectivity index (χ4v) is 4.62. The molecule has 0 heterocycles. The van der Waals surface area contributed by atoms with Crippen LogP contribution in [0.15, 0.2) is 48.5 Å². The molecular formula is C25H34Cl2N2O. The number of primary amides is 1. The Morgan fingerprint density at radius 1 is 0.933 bits per heavy atom. The van der Waals surface area contributed by atoms with Crippen LogP contribution in [-0.4, -0.2) is 29.9 Å². The molecule has 0 spiro atoms. The van der Waals surface area contributed by atoms with Gasteiger partial charge < -0.3 is 10.6 Å². The standard InChI is InChI=1S/C25H34Cl2N2O/c1-6-29(7-2)17(3)23(19-10-14-21(27)15-11-19)22(16-25(4,5)24(28)30)18-8-12-20(26)13-9-18/h8-15,17,22-23H,6-7,16H2,1-5H3,(H2,28,30). The first-order valence-electron chi connectivity index (χ1n) is 10.7. The van der Waals surface area contributed by atoms with E-state index in [1.54, 1.807) is 0 Å². The fraction of sp³-hybridized carbons (Fsp3) is 0.480. The molecule has 2 aromatic carbocycles. The average molecular weight is 449 g/mol. The van der Waals surface area contributed by atoms with Gasteiger partial charge in [-0.2, -0.15) is 0 Å². The first-order chi connectivity index (χ1) is 14.1. The van der Waals surface area contributed by atoms with Crippen LogP contribution in [0.4, 0.5) is 0 Å². The van der Waals surface area contributed by atoms with Gasteiger partial charge in [0.2, 0.25) is 5.91 Å². The number of hydrogen-bond acceptors (Lipinski definition) is 2. The van der Waals surface area contributed by atoms with Crippen LogP contribution in [0.2, 0.25) is 10.0 Å². The number of benzene rings is 2. The van der Waals surface area contributed by atoms with Crippen LogP contribution in [0.25, 0.3) is 0 Å². The maximum Gasteiger partial charge on any atom is 0.223 e. The van der Waals surface area contributed by atoms with Crippen LogP contribution in [0.1, 0.15) is 64.0 Å². The van der Waals surface area contributed by atoms with Crippen molar-refractivity contribution >= 4 is 29.1 Å². The molecule has 5 heteroatoms. The molecule has 3 unspecified atom stereocenters. The molecule has 0 fully saturated rings. The zero-order chi connectivity index (χ0) is 22.5. The molecule has 0 aromatic heterocycles. The number of carbonyl (C=O) groups is 1. The molecule has 0 radical (unpaired) electrons. The normalized spacial score (nSPS) is 15.1. The Balaban J connectivity index is 2.64. The lowest BCUT2D eigenvalue weighted by molar-refractivity contribution is -0.126. The fourth-order valence-electron chi connectivity index (χ4n) is 4.37.